The SMILES string of the molecule is CCC1=Nc2ccc(C)cc2C1(C)C. The molecule has 1 heterocycles. The molecule has 1 aliphatic heterocycles. The lowest BCUT2D eigenvalue weighted by Crippen LogP contribution is -2.24. The molecule has 0 saturated heterocycles. The smallest absolute Gasteiger partial charge is 0.0670 e. The molecule has 0 radical (unpaired) electrons. The number of aryl methyl sites for hydroxylation is 1. The van der Waals surface area contributed by atoms with Gasteiger partial charge in [0, 0.05) is 11.1 Å². The number of hydrogen-bond donors (Lipinski definition) is 0. The summed E-state index contributed by atoms with van der Waals surface area (Å²) in [5.74, 6) is 0. The standard InChI is InChI=1S/C13H17N/c1-5-12-13(3,4)10-8-9(2)6-7-11(10)14-12/h6-8H,5H2,1-4H3. The van der Waals surface area contributed by atoms with E-state index in [4.69, 9.17) is 0 Å². The minimum atomic E-state index is 0.135. The van der Waals surface area contributed by atoms with Crippen LogP contribution in [-0.4, -0.2) is 5.71 Å². The first kappa shape index (κ1) is 9.45. The van der Waals surface area contributed by atoms with E-state index >= 15 is 0 Å². The van der Waals surface area contributed by atoms with Gasteiger partial charge in [-0.2, -0.15) is 0 Å². The van der Waals surface area contributed by atoms with Crippen molar-refractivity contribution in [3.05, 3.63) is 29.3 Å². The van der Waals surface area contributed by atoms with E-state index in [0.717, 1.165) is 12.1 Å². The van der Waals surface area contributed by atoms with Gasteiger partial charge in [-0.05, 0) is 25.0 Å². The number of hydrogen-bond acceptors (Lipinski definition) is 1. The van der Waals surface area contributed by atoms with Crippen LogP contribution in [0.3, 0.4) is 0 Å². The summed E-state index contributed by atoms with van der Waals surface area (Å²) in [6.07, 6.45) is 1.04. The first-order valence-corrected chi connectivity index (χ1v) is 5.25. The highest BCUT2D eigenvalue weighted by molar-refractivity contribution is 6.01. The van der Waals surface area contributed by atoms with E-state index in [0.29, 0.717) is 0 Å². The van der Waals surface area contributed by atoms with E-state index in [-0.39, 0.29) is 5.41 Å². The molecule has 0 saturated carbocycles. The summed E-state index contributed by atoms with van der Waals surface area (Å²) in [4.78, 5) is 4.68. The molecule has 0 unspecified atom stereocenters. The van der Waals surface area contributed by atoms with Crippen LogP contribution in [0, 0.1) is 6.92 Å². The number of fused-ring (bicyclic) bond motifs is 1. The Kier molecular flexibility index (Phi) is 1.99. The number of aliphatic imine (C=N–C) groups is 1. The lowest BCUT2D eigenvalue weighted by atomic mass is 9.80. The summed E-state index contributed by atoms with van der Waals surface area (Å²) in [5, 5.41) is 0. The average molecular weight is 187 g/mol. The van der Waals surface area contributed by atoms with E-state index in [2.05, 4.69) is 50.9 Å². The Bertz CT molecular complexity index is 400. The van der Waals surface area contributed by atoms with E-state index in [1.54, 1.807) is 0 Å². The molecule has 0 spiro atoms. The fourth-order valence-corrected chi connectivity index (χ4v) is 2.21. The van der Waals surface area contributed by atoms with Crippen LogP contribution in [0.4, 0.5) is 5.69 Å². The monoisotopic (exact) mass is 187 g/mol. The topological polar surface area (TPSA) is 12.4 Å². The van der Waals surface area contributed by atoms with Crippen LogP contribution in [0.25, 0.3) is 0 Å². The summed E-state index contributed by atoms with van der Waals surface area (Å²) in [7, 11) is 0. The highest BCUT2D eigenvalue weighted by Crippen LogP contribution is 2.40. The van der Waals surface area contributed by atoms with Gasteiger partial charge in [-0.25, -0.2) is 0 Å². The van der Waals surface area contributed by atoms with Crippen molar-refractivity contribution in [1.82, 2.24) is 0 Å². The Morgan fingerprint density at radius 1 is 1.29 bits per heavy atom. The number of benzene rings is 1. The molecule has 74 valence electrons. The third-order valence-corrected chi connectivity index (χ3v) is 3.14. The van der Waals surface area contributed by atoms with Crippen LogP contribution in [0.1, 0.15) is 38.3 Å². The summed E-state index contributed by atoms with van der Waals surface area (Å²) in [5.41, 5.74) is 5.31. The fraction of sp³-hybridized carbons (Fsp3) is 0.462. The molecule has 0 aliphatic carbocycles. The van der Waals surface area contributed by atoms with E-state index in [9.17, 15) is 0 Å². The zero-order chi connectivity index (χ0) is 10.3. The maximum atomic E-state index is 4.68. The van der Waals surface area contributed by atoms with Crippen molar-refractivity contribution in [2.24, 2.45) is 4.99 Å². The third-order valence-electron chi connectivity index (χ3n) is 3.14. The third kappa shape index (κ3) is 1.19. The molecular weight excluding hydrogens is 170 g/mol. The van der Waals surface area contributed by atoms with Gasteiger partial charge in [0.05, 0.1) is 5.69 Å². The van der Waals surface area contributed by atoms with Gasteiger partial charge in [0.15, 0.2) is 0 Å². The number of rotatable bonds is 1. The van der Waals surface area contributed by atoms with E-state index in [1.165, 1.54) is 16.8 Å². The molecule has 0 amide bonds. The van der Waals surface area contributed by atoms with Crippen molar-refractivity contribution >= 4 is 11.4 Å². The Morgan fingerprint density at radius 3 is 2.64 bits per heavy atom. The molecule has 1 nitrogen and oxygen atoms in total. The molecule has 0 aromatic heterocycles. The van der Waals surface area contributed by atoms with Crippen LogP contribution >= 0.6 is 0 Å². The highest BCUT2D eigenvalue weighted by Gasteiger charge is 2.33. The van der Waals surface area contributed by atoms with Crippen LogP contribution in [0.2, 0.25) is 0 Å². The van der Waals surface area contributed by atoms with E-state index in [1.807, 2.05) is 0 Å². The van der Waals surface area contributed by atoms with Crippen molar-refractivity contribution in [3.8, 4) is 0 Å². The maximum Gasteiger partial charge on any atom is 0.0670 e. The molecule has 1 aromatic rings. The minimum absolute atomic E-state index is 0.135. The second-order valence-corrected chi connectivity index (χ2v) is 4.56. The minimum Gasteiger partial charge on any atom is -0.257 e. The summed E-state index contributed by atoms with van der Waals surface area (Å²) < 4.78 is 0. The first-order valence-electron chi connectivity index (χ1n) is 5.25. The molecular formula is C13H17N. The zero-order valence-corrected chi connectivity index (χ0v) is 9.39. The van der Waals surface area contributed by atoms with Crippen molar-refractivity contribution in [2.75, 3.05) is 0 Å². The van der Waals surface area contributed by atoms with Crippen LogP contribution in [-0.2, 0) is 5.41 Å². The second-order valence-electron chi connectivity index (χ2n) is 4.56. The van der Waals surface area contributed by atoms with Crippen LogP contribution in [0.15, 0.2) is 23.2 Å². The van der Waals surface area contributed by atoms with Crippen molar-refractivity contribution in [1.29, 1.82) is 0 Å². The van der Waals surface area contributed by atoms with Gasteiger partial charge in [0.25, 0.3) is 0 Å². The summed E-state index contributed by atoms with van der Waals surface area (Å²) in [6, 6.07) is 6.54. The Labute approximate surface area is 85.9 Å². The van der Waals surface area contributed by atoms with Gasteiger partial charge in [-0.15, -0.1) is 0 Å². The molecule has 14 heavy (non-hydrogen) atoms. The van der Waals surface area contributed by atoms with E-state index < -0.39 is 0 Å². The average Bonchev–Trinajstić information content (AvgIpc) is 2.38. The lowest BCUT2D eigenvalue weighted by molar-refractivity contribution is 0.721. The molecule has 0 atom stereocenters. The maximum absolute atomic E-state index is 4.68. The Morgan fingerprint density at radius 2 is 2.00 bits per heavy atom. The predicted octanol–water partition coefficient (Wildman–Crippen LogP) is 3.77. The van der Waals surface area contributed by atoms with Gasteiger partial charge < -0.3 is 0 Å². The first-order chi connectivity index (χ1) is 6.55. The van der Waals surface area contributed by atoms with Crippen LogP contribution < -0.4 is 0 Å². The number of nitrogens with zero attached hydrogens (tertiary/aromatic N) is 1. The van der Waals surface area contributed by atoms with Gasteiger partial charge in [-0.1, -0.05) is 38.5 Å². The zero-order valence-electron chi connectivity index (χ0n) is 9.39. The molecule has 2 rings (SSSR count). The second kappa shape index (κ2) is 2.94. The highest BCUT2D eigenvalue weighted by atomic mass is 14.8. The van der Waals surface area contributed by atoms with Gasteiger partial charge in [0.1, 0.15) is 0 Å². The molecule has 1 aliphatic rings. The fourth-order valence-electron chi connectivity index (χ4n) is 2.21. The molecule has 1 heteroatoms. The summed E-state index contributed by atoms with van der Waals surface area (Å²) >= 11 is 0. The van der Waals surface area contributed by atoms with Crippen LogP contribution in [0.5, 0.6) is 0 Å². The van der Waals surface area contributed by atoms with Gasteiger partial charge in [-0.3, -0.25) is 4.99 Å². The van der Waals surface area contributed by atoms with Crippen molar-refractivity contribution in [2.45, 2.75) is 39.5 Å². The Balaban J connectivity index is 2.59. The molecule has 0 N–H and O–H groups in total. The van der Waals surface area contributed by atoms with Gasteiger partial charge >= 0.3 is 0 Å². The predicted molar refractivity (Wildman–Crippen MR) is 61.6 cm³/mol. The molecule has 1 aromatic carbocycles. The largest absolute Gasteiger partial charge is 0.257 e. The molecule has 0 bridgehead atoms. The Hall–Kier alpha value is -1.11. The normalized spacial score (nSPS) is 17.9. The van der Waals surface area contributed by atoms with Crippen molar-refractivity contribution < 1.29 is 0 Å². The van der Waals surface area contributed by atoms with Crippen molar-refractivity contribution in [3.63, 3.8) is 0 Å². The summed E-state index contributed by atoms with van der Waals surface area (Å²) in [6.45, 7) is 8.85. The molecule has 0 fully saturated rings. The quantitative estimate of drug-likeness (QED) is 0.634. The van der Waals surface area contributed by atoms with Gasteiger partial charge in [0.2, 0.25) is 0 Å². The lowest BCUT2D eigenvalue weighted by Gasteiger charge is -2.21.